The number of imidazole rings is 1. The number of aromatic carboxylic acids is 1. The Bertz CT molecular complexity index is 2210. The van der Waals surface area contributed by atoms with Crippen molar-refractivity contribution in [3.8, 4) is 45.1 Å². The molecule has 0 atom stereocenters. The van der Waals surface area contributed by atoms with Gasteiger partial charge in [-0.15, -0.1) is 0 Å². The molecule has 7 rings (SSSR count). The molecule has 0 saturated heterocycles. The van der Waals surface area contributed by atoms with Gasteiger partial charge >= 0.3 is 25.4 Å². The van der Waals surface area contributed by atoms with Gasteiger partial charge in [-0.1, -0.05) is 36.8 Å². The number of phenols is 1. The average molecular weight is 808 g/mol. The van der Waals surface area contributed by atoms with Crippen LogP contribution in [0.2, 0.25) is 0 Å². The van der Waals surface area contributed by atoms with Crippen molar-refractivity contribution in [1.82, 2.24) is 29.9 Å². The minimum absolute atomic E-state index is 0. The smallest absolute Gasteiger partial charge is 0.696 e. The van der Waals surface area contributed by atoms with Crippen LogP contribution in [-0.2, 0) is 49.8 Å². The number of rotatable bonds is 5. The average Bonchev–Trinajstić information content (AvgIpc) is 3.60. The predicted octanol–water partition coefficient (Wildman–Crippen LogP) is 6.71. The molecule has 0 amide bonds. The SMILES string of the molecule is CC.N#C[S-].N#C[S-].O=C(O)c1ccnc(-c2cc(OOO)ccn2)c1.Oc1ccccc1-c1nc2c3cccnc3c3ncccc3c2[nH]1.[Ru+2]. The molecule has 2 aromatic carbocycles. The number of para-hydroxylation sites is 1. The van der Waals surface area contributed by atoms with Crippen LogP contribution in [0.4, 0.5) is 0 Å². The molecular weight excluding hydrogens is 782 g/mol. The van der Waals surface area contributed by atoms with Gasteiger partial charge < -0.3 is 45.3 Å². The maximum absolute atomic E-state index is 10.8. The second-order valence-electron chi connectivity index (χ2n) is 9.08. The van der Waals surface area contributed by atoms with E-state index >= 15 is 0 Å². The molecule has 5 aromatic heterocycles. The summed E-state index contributed by atoms with van der Waals surface area (Å²) in [6, 6.07) is 20.6. The molecule has 0 radical (unpaired) electrons. The largest absolute Gasteiger partial charge is 2.00 e. The molecule has 51 heavy (non-hydrogen) atoms. The zero-order valence-corrected chi connectivity index (χ0v) is 30.0. The number of phenolic OH excluding ortho intramolecular Hbond substituents is 1. The van der Waals surface area contributed by atoms with Crippen LogP contribution in [0.1, 0.15) is 24.2 Å². The summed E-state index contributed by atoms with van der Waals surface area (Å²) in [5.74, 6) is -0.0132. The number of nitrogens with zero attached hydrogens (tertiary/aromatic N) is 7. The fourth-order valence-electron chi connectivity index (χ4n) is 4.50. The van der Waals surface area contributed by atoms with E-state index in [1.165, 1.54) is 47.5 Å². The van der Waals surface area contributed by atoms with Crippen molar-refractivity contribution < 1.29 is 49.7 Å². The summed E-state index contributed by atoms with van der Waals surface area (Å²) in [6.07, 6.45) is 6.32. The van der Waals surface area contributed by atoms with Gasteiger partial charge in [0, 0.05) is 47.7 Å². The van der Waals surface area contributed by atoms with E-state index in [0.717, 1.165) is 32.8 Å². The van der Waals surface area contributed by atoms with Gasteiger partial charge in [-0.25, -0.2) is 25.6 Å². The second-order valence-corrected chi connectivity index (χ2v) is 9.44. The minimum atomic E-state index is -1.05. The normalized spacial score (nSPS) is 9.35. The number of nitriles is 2. The van der Waals surface area contributed by atoms with Gasteiger partial charge in [0.05, 0.1) is 44.6 Å². The molecule has 17 heteroatoms. The Morgan fingerprint density at radius 1 is 0.784 bits per heavy atom. The van der Waals surface area contributed by atoms with Crippen LogP contribution in [0.25, 0.3) is 55.6 Å². The van der Waals surface area contributed by atoms with Crippen molar-refractivity contribution in [1.29, 1.82) is 10.5 Å². The number of carboxylic acids is 1. The molecule has 0 bridgehead atoms. The Morgan fingerprint density at radius 3 is 1.96 bits per heavy atom. The number of nitrogens with one attached hydrogen (secondary N) is 1. The van der Waals surface area contributed by atoms with Crippen LogP contribution in [0.3, 0.4) is 0 Å². The van der Waals surface area contributed by atoms with Crippen LogP contribution in [0, 0.1) is 21.3 Å². The van der Waals surface area contributed by atoms with Crippen molar-refractivity contribution >= 4 is 64.1 Å². The summed E-state index contributed by atoms with van der Waals surface area (Å²) in [6.45, 7) is 4.00. The van der Waals surface area contributed by atoms with E-state index in [1.807, 2.05) is 50.2 Å². The van der Waals surface area contributed by atoms with Crippen LogP contribution in [0.5, 0.6) is 11.5 Å². The first-order valence-electron chi connectivity index (χ1n) is 14.3. The summed E-state index contributed by atoms with van der Waals surface area (Å²) in [7, 11) is 0. The van der Waals surface area contributed by atoms with Crippen LogP contribution in [-0.4, -0.2) is 51.3 Å². The van der Waals surface area contributed by atoms with Gasteiger partial charge in [0.1, 0.15) is 11.6 Å². The van der Waals surface area contributed by atoms with Gasteiger partial charge in [0.2, 0.25) is 0 Å². The first kappa shape index (κ1) is 41.2. The molecule has 7 aromatic rings. The number of hydrogen-bond donors (Lipinski definition) is 4. The number of benzene rings is 2. The standard InChI is InChI=1S/C19H12N4O.C11H8N2O5.C2H6.2CHNS.Ru/c24-14-8-2-1-5-11(14)19-22-17-12-6-3-9-20-15(12)16-13(18(17)23-19)7-4-10-21-16;14-11(15)7-1-3-12-9(5-7)10-6-8(17-18-16)2-4-13-10;1-2;2*2-1-3;/h1-10,24H,(H,22,23);1-6,16H,(H,14,15);1-2H3;2*3H;/q;;;;;+2/p-2. The van der Waals surface area contributed by atoms with Gasteiger partial charge in [-0.2, -0.15) is 0 Å². The molecule has 0 aliphatic heterocycles. The van der Waals surface area contributed by atoms with Crippen molar-refractivity contribution in [2.75, 3.05) is 0 Å². The number of carboxylic acid groups (broad SMARTS) is 1. The fourth-order valence-corrected chi connectivity index (χ4v) is 4.50. The van der Waals surface area contributed by atoms with Crippen LogP contribution >= 0.6 is 0 Å². The molecule has 0 aliphatic rings. The van der Waals surface area contributed by atoms with Gasteiger partial charge in [0.25, 0.3) is 0 Å². The van der Waals surface area contributed by atoms with E-state index < -0.39 is 5.97 Å². The van der Waals surface area contributed by atoms with Crippen LogP contribution < -0.4 is 4.89 Å². The molecule has 258 valence electrons. The number of carbonyl (C=O) groups is 1. The molecule has 4 N–H and O–H groups in total. The number of thiocyanates is 2. The number of aromatic hydroxyl groups is 1. The molecule has 0 aliphatic carbocycles. The molecule has 0 saturated carbocycles. The number of hydrogen-bond acceptors (Lipinski definition) is 14. The zero-order valence-electron chi connectivity index (χ0n) is 26.6. The first-order chi connectivity index (χ1) is 24.4. The van der Waals surface area contributed by atoms with Crippen molar-refractivity contribution in [2.24, 2.45) is 0 Å². The maximum atomic E-state index is 10.8. The summed E-state index contributed by atoms with van der Waals surface area (Å²) in [4.78, 5) is 40.4. The maximum Gasteiger partial charge on any atom is 2.00 e. The van der Waals surface area contributed by atoms with Crippen molar-refractivity contribution in [2.45, 2.75) is 13.8 Å². The van der Waals surface area contributed by atoms with E-state index in [1.54, 1.807) is 24.5 Å². The monoisotopic (exact) mass is 808 g/mol. The summed E-state index contributed by atoms with van der Waals surface area (Å²) in [5.41, 5.74) is 4.94. The van der Waals surface area contributed by atoms with Gasteiger partial charge in [0.15, 0.2) is 5.75 Å². The van der Waals surface area contributed by atoms with E-state index in [0.29, 0.717) is 22.8 Å². The minimum Gasteiger partial charge on any atom is -0.696 e. The van der Waals surface area contributed by atoms with E-state index in [-0.39, 0.29) is 36.5 Å². The molecule has 14 nitrogen and oxygen atoms in total. The van der Waals surface area contributed by atoms with E-state index in [2.05, 4.69) is 60.1 Å². The Labute approximate surface area is 314 Å². The summed E-state index contributed by atoms with van der Waals surface area (Å²) < 4.78 is 0. The van der Waals surface area contributed by atoms with Crippen LogP contribution in [0.15, 0.2) is 97.6 Å². The summed E-state index contributed by atoms with van der Waals surface area (Å²) >= 11 is 7.40. The topological polar surface area (TPSA) is 224 Å². The fraction of sp³-hybridized carbons (Fsp3) is 0.0588. The Balaban J connectivity index is 0.000000298. The second kappa shape index (κ2) is 21.2. The van der Waals surface area contributed by atoms with E-state index in [9.17, 15) is 9.90 Å². The Hall–Kier alpha value is -5.94. The quantitative estimate of drug-likeness (QED) is 0.0354. The number of aromatic nitrogens is 6. The van der Waals surface area contributed by atoms with Crippen molar-refractivity contribution in [3.63, 3.8) is 0 Å². The molecule has 0 unspecified atom stereocenters. The third kappa shape index (κ3) is 10.5. The molecule has 0 fully saturated rings. The number of H-pyrrole nitrogens is 1. The molecule has 0 spiro atoms. The Morgan fingerprint density at radius 2 is 1.35 bits per heavy atom. The number of aromatic amines is 1. The third-order valence-electron chi connectivity index (χ3n) is 6.36. The first-order valence-corrected chi connectivity index (χ1v) is 15.1. The van der Waals surface area contributed by atoms with Crippen molar-refractivity contribution in [3.05, 3.63) is 103 Å². The summed E-state index contributed by atoms with van der Waals surface area (Å²) in [5, 5.41) is 49.5. The van der Waals surface area contributed by atoms with Gasteiger partial charge in [-0.05, 0) is 53.6 Å². The molecular formula is C34H26N8O6RuS2. The predicted molar refractivity (Wildman–Crippen MR) is 190 cm³/mol. The van der Waals surface area contributed by atoms with E-state index in [4.69, 9.17) is 25.9 Å². The number of pyridine rings is 4. The third-order valence-corrected chi connectivity index (χ3v) is 6.36. The zero-order chi connectivity index (χ0) is 36.5. The number of fused-ring (bicyclic) bond motifs is 6. The Kier molecular flexibility index (Phi) is 17.2. The van der Waals surface area contributed by atoms with Gasteiger partial charge in [-0.3, -0.25) is 19.9 Å². The molecule has 5 heterocycles.